The summed E-state index contributed by atoms with van der Waals surface area (Å²) in [6.07, 6.45) is 6.29. The summed E-state index contributed by atoms with van der Waals surface area (Å²) in [6.45, 7) is 1.29. The number of carbonyl (C=O) groups excluding carboxylic acids is 2. The molecule has 3 rings (SSSR count). The molecule has 1 aliphatic rings. The van der Waals surface area contributed by atoms with Crippen LogP contribution in [-0.4, -0.2) is 38.4 Å². The third-order valence-electron chi connectivity index (χ3n) is 5.98. The van der Waals surface area contributed by atoms with Crippen molar-refractivity contribution in [2.45, 2.75) is 45.1 Å². The van der Waals surface area contributed by atoms with Crippen molar-refractivity contribution in [1.82, 2.24) is 16.0 Å². The van der Waals surface area contributed by atoms with Crippen molar-refractivity contribution in [2.75, 3.05) is 26.0 Å². The second-order valence-corrected chi connectivity index (χ2v) is 8.41. The summed E-state index contributed by atoms with van der Waals surface area (Å²) < 4.78 is 0. The average molecular weight is 578 g/mol. The number of halogens is 1. The molecule has 0 saturated heterocycles. The molecule has 2 aromatic rings. The minimum Gasteiger partial charge on any atom is -0.356 e. The highest BCUT2D eigenvalue weighted by Gasteiger charge is 2.21. The van der Waals surface area contributed by atoms with Gasteiger partial charge in [-0.1, -0.05) is 43.5 Å². The standard InChI is InChI=1S/C26H35N5O2.HI/c1-27-24(32)22-12-6-8-19(16-22)14-15-29-26(28-2)30-18-20-9-7-13-23(17-20)31-25(33)21-10-4-3-5-11-21;/h6-9,12-13,16-17,21H,3-5,10-11,14-15,18H2,1-2H3,(H,27,32)(H,31,33)(H2,28,29,30);1H. The second-order valence-electron chi connectivity index (χ2n) is 8.41. The fourth-order valence-corrected chi connectivity index (χ4v) is 4.11. The summed E-state index contributed by atoms with van der Waals surface area (Å²) >= 11 is 0. The van der Waals surface area contributed by atoms with Gasteiger partial charge in [0.2, 0.25) is 5.91 Å². The molecule has 0 atom stereocenters. The van der Waals surface area contributed by atoms with Gasteiger partial charge in [0, 0.05) is 44.4 Å². The van der Waals surface area contributed by atoms with Crippen molar-refractivity contribution < 1.29 is 9.59 Å². The zero-order valence-electron chi connectivity index (χ0n) is 20.0. The van der Waals surface area contributed by atoms with Gasteiger partial charge in [-0.15, -0.1) is 24.0 Å². The number of rotatable bonds is 8. The first-order valence-electron chi connectivity index (χ1n) is 11.7. The van der Waals surface area contributed by atoms with Gasteiger partial charge in [-0.2, -0.15) is 0 Å². The van der Waals surface area contributed by atoms with Crippen molar-refractivity contribution in [2.24, 2.45) is 10.9 Å². The lowest BCUT2D eigenvalue weighted by Crippen LogP contribution is -2.37. The van der Waals surface area contributed by atoms with Gasteiger partial charge in [0.25, 0.3) is 5.91 Å². The Kier molecular flexibility index (Phi) is 11.9. The fraction of sp³-hybridized carbons (Fsp3) is 0.423. The highest BCUT2D eigenvalue weighted by Crippen LogP contribution is 2.25. The number of hydrogen-bond donors (Lipinski definition) is 4. The Hall–Kier alpha value is -2.62. The van der Waals surface area contributed by atoms with Crippen LogP contribution in [0.1, 0.15) is 53.6 Å². The quantitative estimate of drug-likeness (QED) is 0.216. The summed E-state index contributed by atoms with van der Waals surface area (Å²) in [4.78, 5) is 28.6. The SMILES string of the molecule is CN=C(NCCc1cccc(C(=O)NC)c1)NCc1cccc(NC(=O)C2CCCCC2)c1.I. The van der Waals surface area contributed by atoms with Crippen LogP contribution in [0, 0.1) is 5.92 Å². The summed E-state index contributed by atoms with van der Waals surface area (Å²) in [6, 6.07) is 15.6. The predicted molar refractivity (Wildman–Crippen MR) is 149 cm³/mol. The van der Waals surface area contributed by atoms with Crippen molar-refractivity contribution >= 4 is 47.4 Å². The van der Waals surface area contributed by atoms with Crippen molar-refractivity contribution in [3.05, 3.63) is 65.2 Å². The molecule has 34 heavy (non-hydrogen) atoms. The summed E-state index contributed by atoms with van der Waals surface area (Å²) in [7, 11) is 3.37. The molecule has 184 valence electrons. The molecule has 0 aromatic heterocycles. The molecule has 0 heterocycles. The van der Waals surface area contributed by atoms with E-state index in [4.69, 9.17) is 0 Å². The van der Waals surface area contributed by atoms with Gasteiger partial charge in [0.1, 0.15) is 0 Å². The molecule has 1 aliphatic carbocycles. The van der Waals surface area contributed by atoms with Crippen molar-refractivity contribution in [3.63, 3.8) is 0 Å². The highest BCUT2D eigenvalue weighted by atomic mass is 127. The van der Waals surface area contributed by atoms with E-state index in [1.165, 1.54) is 6.42 Å². The number of guanidine groups is 1. The zero-order chi connectivity index (χ0) is 23.5. The molecular formula is C26H36IN5O2. The lowest BCUT2D eigenvalue weighted by Gasteiger charge is -2.21. The molecule has 7 nitrogen and oxygen atoms in total. The number of aliphatic imine (C=N–C) groups is 1. The van der Waals surface area contributed by atoms with E-state index >= 15 is 0 Å². The molecule has 4 N–H and O–H groups in total. The van der Waals surface area contributed by atoms with Crippen LogP contribution in [0.25, 0.3) is 0 Å². The van der Waals surface area contributed by atoms with E-state index < -0.39 is 0 Å². The van der Waals surface area contributed by atoms with Crippen LogP contribution < -0.4 is 21.3 Å². The third kappa shape index (κ3) is 8.62. The number of nitrogens with zero attached hydrogens (tertiary/aromatic N) is 1. The van der Waals surface area contributed by atoms with Gasteiger partial charge >= 0.3 is 0 Å². The van der Waals surface area contributed by atoms with Crippen LogP contribution in [0.5, 0.6) is 0 Å². The first-order chi connectivity index (χ1) is 16.1. The Morgan fingerprint density at radius 1 is 0.971 bits per heavy atom. The fourth-order valence-electron chi connectivity index (χ4n) is 4.11. The van der Waals surface area contributed by atoms with Crippen LogP contribution >= 0.6 is 24.0 Å². The predicted octanol–water partition coefficient (Wildman–Crippen LogP) is 4.09. The van der Waals surface area contributed by atoms with Crippen LogP contribution in [0.3, 0.4) is 0 Å². The van der Waals surface area contributed by atoms with E-state index in [1.807, 2.05) is 48.5 Å². The Labute approximate surface area is 219 Å². The maximum absolute atomic E-state index is 12.5. The molecule has 2 amide bonds. The number of nitrogens with one attached hydrogen (secondary N) is 4. The Morgan fingerprint density at radius 2 is 1.71 bits per heavy atom. The van der Waals surface area contributed by atoms with E-state index in [9.17, 15) is 9.59 Å². The second kappa shape index (κ2) is 14.6. The molecule has 2 aromatic carbocycles. The molecular weight excluding hydrogens is 541 g/mol. The van der Waals surface area contributed by atoms with Gasteiger partial charge in [0.15, 0.2) is 5.96 Å². The molecule has 0 unspecified atom stereocenters. The number of amides is 2. The molecule has 0 bridgehead atoms. The first-order valence-corrected chi connectivity index (χ1v) is 11.7. The van der Waals surface area contributed by atoms with Crippen molar-refractivity contribution in [3.8, 4) is 0 Å². The molecule has 0 radical (unpaired) electrons. The zero-order valence-corrected chi connectivity index (χ0v) is 22.4. The van der Waals surface area contributed by atoms with Crippen molar-refractivity contribution in [1.29, 1.82) is 0 Å². The van der Waals surface area contributed by atoms with Gasteiger partial charge < -0.3 is 21.3 Å². The summed E-state index contributed by atoms with van der Waals surface area (Å²) in [5.74, 6) is 0.895. The maximum atomic E-state index is 12.5. The van der Waals surface area contributed by atoms with Gasteiger partial charge in [-0.3, -0.25) is 14.6 Å². The first kappa shape index (κ1) is 27.6. The molecule has 0 spiro atoms. The number of carbonyl (C=O) groups is 2. The van der Waals surface area contributed by atoms with E-state index in [1.54, 1.807) is 14.1 Å². The summed E-state index contributed by atoms with van der Waals surface area (Å²) in [5.41, 5.74) is 3.65. The van der Waals surface area contributed by atoms with E-state index in [0.717, 1.165) is 48.9 Å². The number of hydrogen-bond acceptors (Lipinski definition) is 3. The van der Waals surface area contributed by atoms with Crippen LogP contribution in [-0.2, 0) is 17.8 Å². The molecule has 1 saturated carbocycles. The van der Waals surface area contributed by atoms with Crippen LogP contribution in [0.15, 0.2) is 53.5 Å². The van der Waals surface area contributed by atoms with Crippen LogP contribution in [0.4, 0.5) is 5.69 Å². The van der Waals surface area contributed by atoms with E-state index in [0.29, 0.717) is 24.6 Å². The Bertz CT molecular complexity index is 973. The largest absolute Gasteiger partial charge is 0.356 e. The number of anilines is 1. The topological polar surface area (TPSA) is 94.6 Å². The highest BCUT2D eigenvalue weighted by molar-refractivity contribution is 14.0. The minimum atomic E-state index is -0.0838. The third-order valence-corrected chi connectivity index (χ3v) is 5.98. The summed E-state index contributed by atoms with van der Waals surface area (Å²) in [5, 5.41) is 12.4. The molecule has 0 aliphatic heterocycles. The molecule has 8 heteroatoms. The lowest BCUT2D eigenvalue weighted by atomic mass is 9.88. The number of benzene rings is 2. The van der Waals surface area contributed by atoms with Gasteiger partial charge in [-0.05, 0) is 54.7 Å². The Morgan fingerprint density at radius 3 is 2.44 bits per heavy atom. The monoisotopic (exact) mass is 577 g/mol. The van der Waals surface area contributed by atoms with E-state index in [2.05, 4.69) is 26.3 Å². The average Bonchev–Trinajstić information content (AvgIpc) is 2.86. The van der Waals surface area contributed by atoms with E-state index in [-0.39, 0.29) is 41.7 Å². The molecule has 1 fully saturated rings. The minimum absolute atomic E-state index is 0. The van der Waals surface area contributed by atoms with Gasteiger partial charge in [0.05, 0.1) is 0 Å². The maximum Gasteiger partial charge on any atom is 0.251 e. The smallest absolute Gasteiger partial charge is 0.251 e. The van der Waals surface area contributed by atoms with Gasteiger partial charge in [-0.25, -0.2) is 0 Å². The normalized spacial score (nSPS) is 14.0. The lowest BCUT2D eigenvalue weighted by molar-refractivity contribution is -0.120. The van der Waals surface area contributed by atoms with Crippen LogP contribution in [0.2, 0.25) is 0 Å². The Balaban J connectivity index is 0.00000408.